The van der Waals surface area contributed by atoms with Crippen molar-refractivity contribution in [1.29, 1.82) is 0 Å². The second-order valence-corrected chi connectivity index (χ2v) is 4.96. The second-order valence-electron chi connectivity index (χ2n) is 4.96. The Kier molecular flexibility index (Phi) is 1.69. The fourth-order valence-corrected chi connectivity index (χ4v) is 2.25. The zero-order valence-corrected chi connectivity index (χ0v) is 8.15. The van der Waals surface area contributed by atoms with Gasteiger partial charge < -0.3 is 10.6 Å². The Bertz CT molecular complexity index is 212. The second kappa shape index (κ2) is 2.49. The highest BCUT2D eigenvalue weighted by atomic mass is 15.0. The molecule has 2 heteroatoms. The van der Waals surface area contributed by atoms with Crippen molar-refractivity contribution in [3.05, 3.63) is 11.8 Å². The molecule has 0 aromatic heterocycles. The third-order valence-electron chi connectivity index (χ3n) is 2.87. The molecule has 0 saturated carbocycles. The molecule has 0 spiro atoms. The minimum atomic E-state index is 0.354. The fraction of sp³-hybridized carbons (Fsp3) is 0.800. The lowest BCUT2D eigenvalue weighted by atomic mass is 9.82. The zero-order valence-electron chi connectivity index (χ0n) is 8.15. The van der Waals surface area contributed by atoms with Crippen molar-refractivity contribution >= 4 is 0 Å². The summed E-state index contributed by atoms with van der Waals surface area (Å²) in [7, 11) is 0. The maximum Gasteiger partial charge on any atom is 0.0349 e. The molecule has 2 atom stereocenters. The average Bonchev–Trinajstić information content (AvgIpc) is 2.37. The summed E-state index contributed by atoms with van der Waals surface area (Å²) in [5, 5.41) is 6.91. The number of hydrogen-bond donors (Lipinski definition) is 2. The van der Waals surface area contributed by atoms with Gasteiger partial charge in [0.05, 0.1) is 0 Å². The van der Waals surface area contributed by atoms with Gasteiger partial charge in [-0.3, -0.25) is 0 Å². The van der Waals surface area contributed by atoms with E-state index in [9.17, 15) is 0 Å². The van der Waals surface area contributed by atoms with E-state index in [1.54, 1.807) is 5.57 Å². The maximum absolute atomic E-state index is 3.59. The number of nitrogens with one attached hydrogen (secondary N) is 2. The molecule has 1 fully saturated rings. The SMILES string of the molecule is CC(C)(C)C1NC[C@H]2CNC=C12. The summed E-state index contributed by atoms with van der Waals surface area (Å²) in [6.07, 6.45) is 2.21. The highest BCUT2D eigenvalue weighted by Crippen LogP contribution is 2.34. The van der Waals surface area contributed by atoms with Gasteiger partial charge >= 0.3 is 0 Å². The van der Waals surface area contributed by atoms with E-state index in [0.717, 1.165) is 19.0 Å². The first-order chi connectivity index (χ1) is 5.59. The van der Waals surface area contributed by atoms with Crippen LogP contribution in [0.5, 0.6) is 0 Å². The number of hydrogen-bond acceptors (Lipinski definition) is 2. The maximum atomic E-state index is 3.59. The lowest BCUT2D eigenvalue weighted by molar-refractivity contribution is 0.328. The van der Waals surface area contributed by atoms with Gasteiger partial charge in [-0.2, -0.15) is 0 Å². The molecule has 2 nitrogen and oxygen atoms in total. The zero-order chi connectivity index (χ0) is 8.77. The van der Waals surface area contributed by atoms with E-state index in [0.29, 0.717) is 11.5 Å². The van der Waals surface area contributed by atoms with Crippen LogP contribution in [0.15, 0.2) is 11.8 Å². The Balaban J connectivity index is 2.19. The summed E-state index contributed by atoms with van der Waals surface area (Å²) < 4.78 is 0. The summed E-state index contributed by atoms with van der Waals surface area (Å²) in [4.78, 5) is 0. The van der Waals surface area contributed by atoms with Crippen LogP contribution < -0.4 is 10.6 Å². The van der Waals surface area contributed by atoms with Gasteiger partial charge in [0, 0.05) is 25.0 Å². The Morgan fingerprint density at radius 2 is 2.08 bits per heavy atom. The molecule has 0 aromatic rings. The number of rotatable bonds is 0. The summed E-state index contributed by atoms with van der Waals surface area (Å²) >= 11 is 0. The molecule has 1 unspecified atom stereocenters. The molecule has 2 heterocycles. The third-order valence-corrected chi connectivity index (χ3v) is 2.87. The van der Waals surface area contributed by atoms with E-state index in [1.807, 2.05) is 0 Å². The Morgan fingerprint density at radius 1 is 1.33 bits per heavy atom. The normalized spacial score (nSPS) is 34.4. The van der Waals surface area contributed by atoms with Crippen LogP contribution in [0.2, 0.25) is 0 Å². The van der Waals surface area contributed by atoms with E-state index in [2.05, 4.69) is 37.6 Å². The van der Waals surface area contributed by atoms with Crippen LogP contribution in [0.25, 0.3) is 0 Å². The highest BCUT2D eigenvalue weighted by Gasteiger charge is 2.38. The van der Waals surface area contributed by atoms with Gasteiger partial charge in [-0.25, -0.2) is 0 Å². The molecule has 0 amide bonds. The fourth-order valence-electron chi connectivity index (χ4n) is 2.25. The van der Waals surface area contributed by atoms with Gasteiger partial charge in [-0.1, -0.05) is 20.8 Å². The molecular formula is C10H18N2. The summed E-state index contributed by atoms with van der Waals surface area (Å²) in [6.45, 7) is 9.18. The molecule has 0 aromatic carbocycles. The van der Waals surface area contributed by atoms with E-state index in [1.165, 1.54) is 0 Å². The molecule has 1 saturated heterocycles. The topological polar surface area (TPSA) is 24.1 Å². The quantitative estimate of drug-likeness (QED) is 0.563. The van der Waals surface area contributed by atoms with Crippen LogP contribution in [0.1, 0.15) is 20.8 Å². The summed E-state index contributed by atoms with van der Waals surface area (Å²) in [5.41, 5.74) is 1.94. The molecule has 2 N–H and O–H groups in total. The van der Waals surface area contributed by atoms with Gasteiger partial charge in [-0.15, -0.1) is 0 Å². The van der Waals surface area contributed by atoms with Gasteiger partial charge in [-0.05, 0) is 17.2 Å². The molecule has 0 aliphatic carbocycles. The van der Waals surface area contributed by atoms with Crippen molar-refractivity contribution in [3.8, 4) is 0 Å². The molecule has 2 aliphatic heterocycles. The van der Waals surface area contributed by atoms with Gasteiger partial charge in [0.25, 0.3) is 0 Å². The van der Waals surface area contributed by atoms with Crippen molar-refractivity contribution in [3.63, 3.8) is 0 Å². The predicted molar refractivity (Wildman–Crippen MR) is 50.8 cm³/mol. The predicted octanol–water partition coefficient (Wildman–Crippen LogP) is 1.11. The number of fused-ring (bicyclic) bond motifs is 1. The molecule has 0 radical (unpaired) electrons. The largest absolute Gasteiger partial charge is 0.390 e. The van der Waals surface area contributed by atoms with Crippen molar-refractivity contribution in [2.45, 2.75) is 26.8 Å². The van der Waals surface area contributed by atoms with E-state index < -0.39 is 0 Å². The monoisotopic (exact) mass is 166 g/mol. The molecular weight excluding hydrogens is 148 g/mol. The average molecular weight is 166 g/mol. The first-order valence-corrected chi connectivity index (χ1v) is 4.76. The smallest absolute Gasteiger partial charge is 0.0349 e. The molecule has 68 valence electrons. The molecule has 12 heavy (non-hydrogen) atoms. The van der Waals surface area contributed by atoms with Crippen LogP contribution in [0.3, 0.4) is 0 Å². The van der Waals surface area contributed by atoms with Crippen molar-refractivity contribution in [2.24, 2.45) is 11.3 Å². The summed E-state index contributed by atoms with van der Waals surface area (Å²) in [5.74, 6) is 0.759. The van der Waals surface area contributed by atoms with E-state index >= 15 is 0 Å². The lowest BCUT2D eigenvalue weighted by Crippen LogP contribution is -2.36. The minimum Gasteiger partial charge on any atom is -0.390 e. The van der Waals surface area contributed by atoms with Crippen molar-refractivity contribution in [1.82, 2.24) is 10.6 Å². The summed E-state index contributed by atoms with van der Waals surface area (Å²) in [6, 6.07) is 0.581. The first kappa shape index (κ1) is 8.11. The van der Waals surface area contributed by atoms with Gasteiger partial charge in [0.15, 0.2) is 0 Å². The molecule has 2 rings (SSSR count). The Labute approximate surface area is 74.4 Å². The standard InChI is InChI=1S/C10H18N2/c1-10(2,3)9-8-6-11-4-7(8)5-12-9/h6-7,9,11-12H,4-5H2,1-3H3/t7-,9?/m1/s1. The Hall–Kier alpha value is -0.500. The Morgan fingerprint density at radius 3 is 2.75 bits per heavy atom. The van der Waals surface area contributed by atoms with E-state index in [4.69, 9.17) is 0 Å². The highest BCUT2D eigenvalue weighted by molar-refractivity contribution is 5.26. The van der Waals surface area contributed by atoms with Crippen LogP contribution in [0.4, 0.5) is 0 Å². The minimum absolute atomic E-state index is 0.354. The third kappa shape index (κ3) is 1.14. The van der Waals surface area contributed by atoms with E-state index in [-0.39, 0.29) is 0 Å². The molecule has 0 bridgehead atoms. The van der Waals surface area contributed by atoms with Gasteiger partial charge in [0.2, 0.25) is 0 Å². The van der Waals surface area contributed by atoms with Crippen LogP contribution in [0, 0.1) is 11.3 Å². The molecule has 2 aliphatic rings. The van der Waals surface area contributed by atoms with Crippen LogP contribution in [-0.4, -0.2) is 19.1 Å². The van der Waals surface area contributed by atoms with Crippen molar-refractivity contribution in [2.75, 3.05) is 13.1 Å². The van der Waals surface area contributed by atoms with Crippen LogP contribution in [-0.2, 0) is 0 Å². The van der Waals surface area contributed by atoms with Crippen molar-refractivity contribution < 1.29 is 0 Å². The van der Waals surface area contributed by atoms with Gasteiger partial charge in [0.1, 0.15) is 0 Å². The van der Waals surface area contributed by atoms with Crippen LogP contribution >= 0.6 is 0 Å². The lowest BCUT2D eigenvalue weighted by Gasteiger charge is -2.28. The first-order valence-electron chi connectivity index (χ1n) is 4.76.